The topological polar surface area (TPSA) is 127 Å². The molecule has 1 aromatic heterocycles. The number of rotatable bonds is 9. The molecule has 1 saturated heterocycles. The van der Waals surface area contributed by atoms with Gasteiger partial charge in [0, 0.05) is 42.2 Å². The molecule has 1 aliphatic heterocycles. The maximum atomic E-state index is 14.6. The highest BCUT2D eigenvalue weighted by Crippen LogP contribution is 2.39. The van der Waals surface area contributed by atoms with Crippen LogP contribution in [0.5, 0.6) is 0 Å². The first-order valence-electron chi connectivity index (χ1n) is 13.6. The summed E-state index contributed by atoms with van der Waals surface area (Å²) < 4.78 is 41.9. The zero-order valence-corrected chi connectivity index (χ0v) is 24.6. The summed E-state index contributed by atoms with van der Waals surface area (Å²) in [6.45, 7) is 6.83. The second kappa shape index (κ2) is 12.6. The van der Waals surface area contributed by atoms with Crippen molar-refractivity contribution in [2.45, 2.75) is 62.8 Å². The molecule has 4 rings (SSSR count). The molecule has 3 atom stereocenters. The number of nitrogens with one attached hydrogen (secondary N) is 1. The minimum absolute atomic E-state index is 0.0638. The summed E-state index contributed by atoms with van der Waals surface area (Å²) in [7, 11) is 0. The summed E-state index contributed by atoms with van der Waals surface area (Å²) >= 11 is 6.49. The van der Waals surface area contributed by atoms with Crippen molar-refractivity contribution in [3.05, 3.63) is 89.4 Å². The molecule has 2 fully saturated rings. The van der Waals surface area contributed by atoms with E-state index < -0.39 is 72.5 Å². The Balaban J connectivity index is 1.87. The van der Waals surface area contributed by atoms with E-state index in [4.69, 9.17) is 11.6 Å². The van der Waals surface area contributed by atoms with Crippen molar-refractivity contribution < 1.29 is 32.7 Å². The molecule has 44 heavy (non-hydrogen) atoms. The number of hydrogen-bond acceptors (Lipinski definition) is 6. The fraction of sp³-hybridized carbons (Fsp3) is 0.323. The number of alkyl halides is 2. The highest BCUT2D eigenvalue weighted by atomic mass is 35.5. The zero-order chi connectivity index (χ0) is 32.4. The van der Waals surface area contributed by atoms with Crippen LogP contribution in [0.25, 0.3) is 0 Å². The molecule has 1 saturated carbocycles. The Kier molecular flexibility index (Phi) is 9.32. The van der Waals surface area contributed by atoms with Gasteiger partial charge in [-0.05, 0) is 55.8 Å². The Hall–Kier alpha value is -4.47. The van der Waals surface area contributed by atoms with Crippen molar-refractivity contribution in [2.75, 3.05) is 9.80 Å². The van der Waals surface area contributed by atoms with E-state index in [9.17, 15) is 37.9 Å². The molecule has 1 aromatic carbocycles. The molecule has 0 spiro atoms. The van der Waals surface area contributed by atoms with Crippen LogP contribution in [0.1, 0.15) is 38.7 Å². The van der Waals surface area contributed by atoms with Crippen LogP contribution >= 0.6 is 11.6 Å². The maximum Gasteiger partial charge on any atom is 0.260 e. The standard InChI is InChI=1S/C31H29ClF3N5O4/c1-4-5-9-23(32)18(2)26(27(41)38-21-14-31(34,35)15-21)39(22-8-6-7-20(33)13-22)28(42)24-16-30(3,44)29(43)40(24)25-12-19(17-36)10-11-37-25/h4-13,21,24,26,44H,2,14-16H2,1,3H3,(H,38,41)/b5-4-,23-9+/t24-,26-,30?/m0/s1. The van der Waals surface area contributed by atoms with Crippen LogP contribution in [-0.2, 0) is 14.4 Å². The van der Waals surface area contributed by atoms with E-state index in [1.165, 1.54) is 43.5 Å². The molecule has 230 valence electrons. The Labute approximate surface area is 256 Å². The van der Waals surface area contributed by atoms with Crippen molar-refractivity contribution >= 4 is 40.8 Å². The van der Waals surface area contributed by atoms with Crippen molar-refractivity contribution in [2.24, 2.45) is 0 Å². The smallest absolute Gasteiger partial charge is 0.260 e. The monoisotopic (exact) mass is 627 g/mol. The first-order chi connectivity index (χ1) is 20.7. The van der Waals surface area contributed by atoms with Gasteiger partial charge in [0.25, 0.3) is 17.7 Å². The van der Waals surface area contributed by atoms with E-state index in [2.05, 4.69) is 16.9 Å². The number of nitrogens with zero attached hydrogens (tertiary/aromatic N) is 4. The van der Waals surface area contributed by atoms with E-state index in [0.29, 0.717) is 0 Å². The largest absolute Gasteiger partial charge is 0.380 e. The minimum atomic E-state index is -2.97. The number of nitriles is 1. The summed E-state index contributed by atoms with van der Waals surface area (Å²) in [6.07, 6.45) is 4.13. The van der Waals surface area contributed by atoms with Crippen LogP contribution in [0.4, 0.5) is 24.7 Å². The van der Waals surface area contributed by atoms with Crippen LogP contribution < -0.4 is 15.1 Å². The van der Waals surface area contributed by atoms with Crippen LogP contribution in [0.3, 0.4) is 0 Å². The van der Waals surface area contributed by atoms with Gasteiger partial charge in [-0.1, -0.05) is 36.4 Å². The second-order valence-electron chi connectivity index (χ2n) is 10.8. The number of aliphatic hydroxyl groups is 1. The Morgan fingerprint density at radius 3 is 2.61 bits per heavy atom. The fourth-order valence-corrected chi connectivity index (χ4v) is 5.30. The third kappa shape index (κ3) is 6.69. The number of amides is 3. The summed E-state index contributed by atoms with van der Waals surface area (Å²) in [5.41, 5.74) is -2.21. The lowest BCUT2D eigenvalue weighted by molar-refractivity contribution is -0.132. The van der Waals surface area contributed by atoms with Crippen molar-refractivity contribution in [3.8, 4) is 6.07 Å². The van der Waals surface area contributed by atoms with Gasteiger partial charge in [-0.15, -0.1) is 0 Å². The average Bonchev–Trinajstić information content (AvgIpc) is 3.21. The quantitative estimate of drug-likeness (QED) is 0.394. The average molecular weight is 628 g/mol. The van der Waals surface area contributed by atoms with Gasteiger partial charge in [0.15, 0.2) is 0 Å². The number of hydrogen-bond donors (Lipinski definition) is 2. The molecule has 2 aliphatic rings. The predicted octanol–water partition coefficient (Wildman–Crippen LogP) is 4.52. The normalized spacial score (nSPS) is 22.3. The van der Waals surface area contributed by atoms with Gasteiger partial charge in [0.1, 0.15) is 29.3 Å². The van der Waals surface area contributed by atoms with E-state index in [1.54, 1.807) is 19.1 Å². The van der Waals surface area contributed by atoms with E-state index >= 15 is 0 Å². The van der Waals surface area contributed by atoms with Gasteiger partial charge in [-0.3, -0.25) is 24.2 Å². The number of benzene rings is 1. The third-order valence-corrected chi connectivity index (χ3v) is 7.70. The molecule has 1 aliphatic carbocycles. The molecule has 0 radical (unpaired) electrons. The molecular formula is C31H29ClF3N5O4. The van der Waals surface area contributed by atoms with Crippen LogP contribution in [0, 0.1) is 17.1 Å². The number of anilines is 2. The van der Waals surface area contributed by atoms with Crippen molar-refractivity contribution in [1.29, 1.82) is 5.26 Å². The van der Waals surface area contributed by atoms with Crippen LogP contribution in [0.15, 0.2) is 78.0 Å². The molecule has 1 unspecified atom stereocenters. The molecule has 9 nitrogen and oxygen atoms in total. The molecular weight excluding hydrogens is 599 g/mol. The lowest BCUT2D eigenvalue weighted by atomic mass is 9.87. The zero-order valence-electron chi connectivity index (χ0n) is 23.8. The molecule has 2 heterocycles. The number of allylic oxidation sites excluding steroid dienone is 3. The Morgan fingerprint density at radius 1 is 1.30 bits per heavy atom. The maximum absolute atomic E-state index is 14.6. The number of halogens is 4. The first-order valence-corrected chi connectivity index (χ1v) is 13.9. The summed E-state index contributed by atoms with van der Waals surface area (Å²) in [4.78, 5) is 47.7. The van der Waals surface area contributed by atoms with Gasteiger partial charge in [-0.2, -0.15) is 5.26 Å². The molecule has 3 amide bonds. The Morgan fingerprint density at radius 2 is 2.00 bits per heavy atom. The summed E-state index contributed by atoms with van der Waals surface area (Å²) in [5, 5.41) is 22.8. The van der Waals surface area contributed by atoms with E-state index in [1.807, 2.05) is 6.07 Å². The summed E-state index contributed by atoms with van der Waals surface area (Å²) in [6, 6.07) is 5.14. The molecule has 13 heteroatoms. The first kappa shape index (κ1) is 32.4. The number of aromatic nitrogens is 1. The van der Waals surface area contributed by atoms with Gasteiger partial charge >= 0.3 is 0 Å². The van der Waals surface area contributed by atoms with Gasteiger partial charge < -0.3 is 10.4 Å². The third-order valence-electron chi connectivity index (χ3n) is 7.33. The Bertz CT molecular complexity index is 1590. The van der Waals surface area contributed by atoms with Crippen molar-refractivity contribution in [3.63, 3.8) is 0 Å². The summed E-state index contributed by atoms with van der Waals surface area (Å²) in [5.74, 6) is -6.64. The number of carbonyl (C=O) groups is 3. The van der Waals surface area contributed by atoms with E-state index in [0.717, 1.165) is 21.9 Å². The van der Waals surface area contributed by atoms with Gasteiger partial charge in [0.05, 0.1) is 11.6 Å². The molecule has 2 N–H and O–H groups in total. The molecule has 2 aromatic rings. The number of carbonyl (C=O) groups excluding carboxylic acids is 3. The van der Waals surface area contributed by atoms with Crippen LogP contribution in [0.2, 0.25) is 0 Å². The minimum Gasteiger partial charge on any atom is -0.380 e. The highest BCUT2D eigenvalue weighted by molar-refractivity contribution is 6.32. The predicted molar refractivity (Wildman–Crippen MR) is 157 cm³/mol. The van der Waals surface area contributed by atoms with Gasteiger partial charge in [-0.25, -0.2) is 18.2 Å². The van der Waals surface area contributed by atoms with E-state index in [-0.39, 0.29) is 27.7 Å². The second-order valence-corrected chi connectivity index (χ2v) is 11.2. The lowest BCUT2D eigenvalue weighted by Gasteiger charge is -2.39. The number of pyridine rings is 1. The highest BCUT2D eigenvalue weighted by Gasteiger charge is 2.54. The fourth-order valence-electron chi connectivity index (χ4n) is 5.12. The van der Waals surface area contributed by atoms with Crippen molar-refractivity contribution in [1.82, 2.24) is 10.3 Å². The van der Waals surface area contributed by atoms with Crippen LogP contribution in [-0.4, -0.2) is 57.5 Å². The lowest BCUT2D eigenvalue weighted by Crippen LogP contribution is -2.59. The molecule has 0 bridgehead atoms. The van der Waals surface area contributed by atoms with Gasteiger partial charge in [0.2, 0.25) is 5.91 Å². The SMILES string of the molecule is C=C(/C(Cl)=C\C=C/C)[C@@H](C(=O)NC1CC(F)(F)C1)N(C(=O)[C@@H]1CC(C)(O)C(=O)N1c1cc(C#N)ccn1)c1cccc(F)c1.